The first-order chi connectivity index (χ1) is 7.74. The van der Waals surface area contributed by atoms with E-state index in [-0.39, 0.29) is 0 Å². The van der Waals surface area contributed by atoms with Gasteiger partial charge in [-0.15, -0.1) is 0 Å². The summed E-state index contributed by atoms with van der Waals surface area (Å²) in [6.07, 6.45) is 2.82. The van der Waals surface area contributed by atoms with Crippen LogP contribution >= 0.6 is 0 Å². The van der Waals surface area contributed by atoms with Crippen LogP contribution in [-0.2, 0) is 0 Å². The van der Waals surface area contributed by atoms with Gasteiger partial charge < -0.3 is 10.6 Å². The third-order valence-corrected chi connectivity index (χ3v) is 3.18. The monoisotopic (exact) mass is 216 g/mol. The molecule has 16 heavy (non-hydrogen) atoms. The van der Waals surface area contributed by atoms with Crippen LogP contribution in [0.5, 0.6) is 0 Å². The van der Waals surface area contributed by atoms with E-state index in [4.69, 9.17) is 11.0 Å². The van der Waals surface area contributed by atoms with Crippen molar-refractivity contribution in [3.05, 3.63) is 24.0 Å². The number of nitriles is 1. The third-order valence-electron chi connectivity index (χ3n) is 3.18. The quantitative estimate of drug-likeness (QED) is 0.804. The Morgan fingerprint density at radius 3 is 3.12 bits per heavy atom. The molecule has 2 N–H and O–H groups in total. The Balaban J connectivity index is 2.21. The van der Waals surface area contributed by atoms with Gasteiger partial charge in [-0.25, -0.2) is 4.98 Å². The largest absolute Gasteiger partial charge is 0.368 e. The van der Waals surface area contributed by atoms with Gasteiger partial charge in [-0.1, -0.05) is 0 Å². The number of anilines is 1. The molecule has 1 aromatic rings. The Bertz CT molecular complexity index is 410. The lowest BCUT2D eigenvalue weighted by Gasteiger charge is -2.23. The van der Waals surface area contributed by atoms with Gasteiger partial charge in [-0.3, -0.25) is 0 Å². The van der Waals surface area contributed by atoms with Gasteiger partial charge in [-0.2, -0.15) is 5.26 Å². The summed E-state index contributed by atoms with van der Waals surface area (Å²) < 4.78 is 0. The van der Waals surface area contributed by atoms with Crippen molar-refractivity contribution in [3.63, 3.8) is 0 Å². The van der Waals surface area contributed by atoms with Crippen LogP contribution < -0.4 is 10.6 Å². The predicted octanol–water partition coefficient (Wildman–Crippen LogP) is 1.13. The highest BCUT2D eigenvalue weighted by atomic mass is 15.2. The second-order valence-electron chi connectivity index (χ2n) is 4.35. The lowest BCUT2D eigenvalue weighted by molar-refractivity contribution is 0.579. The zero-order valence-corrected chi connectivity index (χ0v) is 9.43. The van der Waals surface area contributed by atoms with Crippen LogP contribution in [0.15, 0.2) is 18.3 Å². The van der Waals surface area contributed by atoms with Crippen molar-refractivity contribution >= 4 is 5.69 Å². The molecule has 84 valence electrons. The van der Waals surface area contributed by atoms with Gasteiger partial charge in [0.2, 0.25) is 0 Å². The highest BCUT2D eigenvalue weighted by molar-refractivity contribution is 5.50. The molecule has 4 nitrogen and oxygen atoms in total. The van der Waals surface area contributed by atoms with Gasteiger partial charge in [0.1, 0.15) is 11.8 Å². The van der Waals surface area contributed by atoms with Crippen LogP contribution in [0.3, 0.4) is 0 Å². The first-order valence-electron chi connectivity index (χ1n) is 5.57. The predicted molar refractivity (Wildman–Crippen MR) is 62.9 cm³/mol. The first-order valence-corrected chi connectivity index (χ1v) is 5.57. The molecule has 0 amide bonds. The van der Waals surface area contributed by atoms with Crippen LogP contribution in [-0.4, -0.2) is 24.1 Å². The summed E-state index contributed by atoms with van der Waals surface area (Å²) in [5.41, 5.74) is 7.25. The Hall–Kier alpha value is -1.60. The molecule has 2 rings (SSSR count). The molecule has 1 aromatic heterocycles. The molecular weight excluding hydrogens is 200 g/mol. The van der Waals surface area contributed by atoms with Gasteiger partial charge in [0.25, 0.3) is 0 Å². The average molecular weight is 216 g/mol. The minimum absolute atomic E-state index is 0.473. The highest BCUT2D eigenvalue weighted by Gasteiger charge is 2.28. The molecular formula is C12H16N4. The zero-order chi connectivity index (χ0) is 11.5. The van der Waals surface area contributed by atoms with Gasteiger partial charge in [0.15, 0.2) is 0 Å². The summed E-state index contributed by atoms with van der Waals surface area (Å²) >= 11 is 0. The zero-order valence-electron chi connectivity index (χ0n) is 9.43. The lowest BCUT2D eigenvalue weighted by atomic mass is 10.1. The molecule has 2 atom stereocenters. The standard InChI is InChI=1S/C12H16N4/c1-9-4-10(6-13)8-16(9)12-2-3-15-11(5-12)7-14/h2-3,5,9-10H,4,6,8,13H2,1H3. The maximum atomic E-state index is 8.82. The smallest absolute Gasteiger partial charge is 0.142 e. The van der Waals surface area contributed by atoms with E-state index >= 15 is 0 Å². The summed E-state index contributed by atoms with van der Waals surface area (Å²) in [5.74, 6) is 0.564. The molecule has 1 fully saturated rings. The fourth-order valence-electron chi connectivity index (χ4n) is 2.33. The Morgan fingerprint density at radius 1 is 1.69 bits per heavy atom. The number of nitrogens with zero attached hydrogens (tertiary/aromatic N) is 3. The van der Waals surface area contributed by atoms with E-state index in [1.54, 1.807) is 6.20 Å². The second kappa shape index (κ2) is 4.50. The average Bonchev–Trinajstić information content (AvgIpc) is 2.71. The summed E-state index contributed by atoms with van der Waals surface area (Å²) in [4.78, 5) is 6.29. The van der Waals surface area contributed by atoms with Gasteiger partial charge in [0, 0.05) is 24.5 Å². The molecule has 0 spiro atoms. The fraction of sp³-hybridized carbons (Fsp3) is 0.500. The summed E-state index contributed by atoms with van der Waals surface area (Å²) in [6.45, 7) is 3.91. The topological polar surface area (TPSA) is 65.9 Å². The normalized spacial score (nSPS) is 24.4. The van der Waals surface area contributed by atoms with Crippen molar-refractivity contribution in [1.29, 1.82) is 5.26 Å². The number of nitrogens with two attached hydrogens (primary N) is 1. The lowest BCUT2D eigenvalue weighted by Crippen LogP contribution is -2.27. The van der Waals surface area contributed by atoms with E-state index in [1.807, 2.05) is 12.1 Å². The summed E-state index contributed by atoms with van der Waals surface area (Å²) in [6, 6.07) is 6.35. The molecule has 0 aliphatic carbocycles. The summed E-state index contributed by atoms with van der Waals surface area (Å²) in [5, 5.41) is 8.82. The van der Waals surface area contributed by atoms with E-state index in [1.165, 1.54) is 0 Å². The molecule has 2 unspecified atom stereocenters. The van der Waals surface area contributed by atoms with E-state index in [2.05, 4.69) is 22.9 Å². The molecule has 4 heteroatoms. The van der Waals surface area contributed by atoms with E-state index < -0.39 is 0 Å². The molecule has 0 radical (unpaired) electrons. The van der Waals surface area contributed by atoms with Crippen LogP contribution in [0.4, 0.5) is 5.69 Å². The van der Waals surface area contributed by atoms with Crippen LogP contribution in [0.2, 0.25) is 0 Å². The number of rotatable bonds is 2. The summed E-state index contributed by atoms with van der Waals surface area (Å²) in [7, 11) is 0. The van der Waals surface area contributed by atoms with Gasteiger partial charge in [-0.05, 0) is 37.9 Å². The minimum atomic E-state index is 0.473. The van der Waals surface area contributed by atoms with Crippen molar-refractivity contribution in [2.24, 2.45) is 11.7 Å². The van der Waals surface area contributed by atoms with Crippen LogP contribution in [0.25, 0.3) is 0 Å². The van der Waals surface area contributed by atoms with Crippen LogP contribution in [0.1, 0.15) is 19.0 Å². The minimum Gasteiger partial charge on any atom is -0.368 e. The van der Waals surface area contributed by atoms with Crippen molar-refractivity contribution < 1.29 is 0 Å². The van der Waals surface area contributed by atoms with Crippen molar-refractivity contribution in [2.45, 2.75) is 19.4 Å². The molecule has 0 saturated carbocycles. The second-order valence-corrected chi connectivity index (χ2v) is 4.35. The van der Waals surface area contributed by atoms with E-state index in [0.717, 1.165) is 25.2 Å². The maximum absolute atomic E-state index is 8.82. The number of pyridine rings is 1. The Morgan fingerprint density at radius 2 is 2.50 bits per heavy atom. The van der Waals surface area contributed by atoms with Crippen molar-refractivity contribution in [3.8, 4) is 6.07 Å². The number of hydrogen-bond donors (Lipinski definition) is 1. The Kier molecular flexibility index (Phi) is 3.07. The van der Waals surface area contributed by atoms with E-state index in [0.29, 0.717) is 17.7 Å². The number of aromatic nitrogens is 1. The van der Waals surface area contributed by atoms with Gasteiger partial charge in [0.05, 0.1) is 0 Å². The maximum Gasteiger partial charge on any atom is 0.142 e. The highest BCUT2D eigenvalue weighted by Crippen LogP contribution is 2.28. The molecule has 0 bridgehead atoms. The molecule has 1 aliphatic rings. The fourth-order valence-corrected chi connectivity index (χ4v) is 2.33. The molecule has 1 saturated heterocycles. The molecule has 0 aromatic carbocycles. The Labute approximate surface area is 95.7 Å². The number of hydrogen-bond acceptors (Lipinski definition) is 4. The van der Waals surface area contributed by atoms with Crippen molar-refractivity contribution in [2.75, 3.05) is 18.0 Å². The first kappa shape index (κ1) is 10.9. The SMILES string of the molecule is CC1CC(CN)CN1c1ccnc(C#N)c1. The van der Waals surface area contributed by atoms with E-state index in [9.17, 15) is 0 Å². The van der Waals surface area contributed by atoms with Gasteiger partial charge >= 0.3 is 0 Å². The van der Waals surface area contributed by atoms with Crippen LogP contribution in [0, 0.1) is 17.2 Å². The molecule has 2 heterocycles. The third kappa shape index (κ3) is 2.00. The van der Waals surface area contributed by atoms with Crippen molar-refractivity contribution in [1.82, 2.24) is 4.98 Å². The molecule has 1 aliphatic heterocycles.